The summed E-state index contributed by atoms with van der Waals surface area (Å²) >= 11 is 0. The van der Waals surface area contributed by atoms with Crippen LogP contribution in [0.1, 0.15) is 77.2 Å². The number of fused-ring (bicyclic) bond motifs is 2. The smallest absolute Gasteiger partial charge is 0.321 e. The van der Waals surface area contributed by atoms with E-state index in [-0.39, 0.29) is 23.0 Å². The molecule has 4 saturated heterocycles. The number of halogens is 2. The van der Waals surface area contributed by atoms with Gasteiger partial charge in [0.2, 0.25) is 5.91 Å². The number of nitrogens with zero attached hydrogens (tertiary/aromatic N) is 4. The van der Waals surface area contributed by atoms with Crippen LogP contribution in [0.2, 0.25) is 0 Å². The van der Waals surface area contributed by atoms with Crippen molar-refractivity contribution in [2.24, 2.45) is 11.3 Å². The van der Waals surface area contributed by atoms with Gasteiger partial charge in [-0.15, -0.1) is 0 Å². The molecule has 1 saturated carbocycles. The van der Waals surface area contributed by atoms with Crippen LogP contribution in [0.25, 0.3) is 0 Å². The number of urea groups is 1. The van der Waals surface area contributed by atoms with E-state index >= 15 is 0 Å². The second-order valence-corrected chi connectivity index (χ2v) is 13.6. The average Bonchev–Trinajstić information content (AvgIpc) is 3.48. The van der Waals surface area contributed by atoms with Gasteiger partial charge in [-0.1, -0.05) is 43.7 Å². The van der Waals surface area contributed by atoms with Crippen molar-refractivity contribution in [3.05, 3.63) is 35.9 Å². The fraction of sp³-hybridized carbons (Fsp3) is 0.742. The molecule has 0 aromatic heterocycles. The minimum atomic E-state index is -2.51. The molecule has 2 unspecified atom stereocenters. The van der Waals surface area contributed by atoms with Crippen LogP contribution in [0, 0.1) is 11.3 Å². The molecule has 1 aromatic rings. The number of hydrogen-bond acceptors (Lipinski definition) is 3. The molecule has 1 aliphatic carbocycles. The van der Waals surface area contributed by atoms with Crippen molar-refractivity contribution in [3.63, 3.8) is 0 Å². The van der Waals surface area contributed by atoms with E-state index in [1.807, 2.05) is 18.7 Å². The minimum absolute atomic E-state index is 0.0177. The summed E-state index contributed by atoms with van der Waals surface area (Å²) in [4.78, 5) is 34.9. The summed E-state index contributed by atoms with van der Waals surface area (Å²) < 4.78 is 26.6. The normalized spacial score (nSPS) is 34.1. The molecule has 1 spiro atoms. The van der Waals surface area contributed by atoms with E-state index in [1.165, 1.54) is 10.5 Å². The molecule has 3 amide bonds. The van der Waals surface area contributed by atoms with Crippen molar-refractivity contribution in [2.45, 2.75) is 102 Å². The lowest BCUT2D eigenvalue weighted by Crippen LogP contribution is -2.60. The number of benzene rings is 1. The molecule has 5 aliphatic rings. The number of alkyl halides is 2. The zero-order valence-electron chi connectivity index (χ0n) is 23.7. The van der Waals surface area contributed by atoms with Crippen LogP contribution in [0.5, 0.6) is 0 Å². The summed E-state index contributed by atoms with van der Waals surface area (Å²) in [5.41, 5.74) is 0.761. The molecule has 6 rings (SSSR count). The number of piperidine rings is 1. The highest BCUT2D eigenvalue weighted by atomic mass is 19.3. The first-order valence-corrected chi connectivity index (χ1v) is 15.1. The van der Waals surface area contributed by atoms with E-state index in [4.69, 9.17) is 0 Å². The zero-order chi connectivity index (χ0) is 27.5. The van der Waals surface area contributed by atoms with Crippen LogP contribution in [-0.4, -0.2) is 94.4 Å². The Morgan fingerprint density at radius 1 is 1.05 bits per heavy atom. The van der Waals surface area contributed by atoms with Crippen LogP contribution >= 0.6 is 0 Å². The Morgan fingerprint density at radius 2 is 1.72 bits per heavy atom. The van der Waals surface area contributed by atoms with Gasteiger partial charge < -0.3 is 14.7 Å². The van der Waals surface area contributed by atoms with Crippen molar-refractivity contribution in [2.75, 3.05) is 32.7 Å². The molecular formula is C31H44F2N4O2. The van der Waals surface area contributed by atoms with E-state index in [0.717, 1.165) is 64.6 Å². The zero-order valence-corrected chi connectivity index (χ0v) is 23.7. The van der Waals surface area contributed by atoms with E-state index in [9.17, 15) is 18.4 Å². The van der Waals surface area contributed by atoms with Gasteiger partial charge in [0.15, 0.2) is 0 Å². The Labute approximate surface area is 231 Å². The molecule has 0 N–H and O–H groups in total. The van der Waals surface area contributed by atoms with Crippen molar-refractivity contribution >= 4 is 11.9 Å². The van der Waals surface area contributed by atoms with E-state index < -0.39 is 13.0 Å². The van der Waals surface area contributed by atoms with E-state index in [1.54, 1.807) is 0 Å². The first kappa shape index (κ1) is 27.0. The Morgan fingerprint density at radius 3 is 2.28 bits per heavy atom. The fourth-order valence-electron chi connectivity index (χ4n) is 8.84. The van der Waals surface area contributed by atoms with Crippen molar-refractivity contribution in [3.8, 4) is 0 Å². The van der Waals surface area contributed by atoms with E-state index in [2.05, 4.69) is 47.1 Å². The predicted octanol–water partition coefficient (Wildman–Crippen LogP) is 5.20. The quantitative estimate of drug-likeness (QED) is 0.476. The third kappa shape index (κ3) is 4.64. The highest BCUT2D eigenvalue weighted by Crippen LogP contribution is 2.49. The Bertz CT molecular complexity index is 1060. The van der Waals surface area contributed by atoms with Gasteiger partial charge in [-0.05, 0) is 63.9 Å². The second kappa shape index (κ2) is 10.0. The van der Waals surface area contributed by atoms with Crippen molar-refractivity contribution in [1.29, 1.82) is 0 Å². The topological polar surface area (TPSA) is 47.1 Å². The van der Waals surface area contributed by atoms with Gasteiger partial charge in [0.05, 0.1) is 12.1 Å². The highest BCUT2D eigenvalue weighted by Gasteiger charge is 2.58. The second-order valence-electron chi connectivity index (χ2n) is 13.6. The first-order valence-electron chi connectivity index (χ1n) is 15.1. The van der Waals surface area contributed by atoms with Gasteiger partial charge in [-0.25, -0.2) is 13.6 Å². The lowest BCUT2D eigenvalue weighted by molar-refractivity contribution is -0.145. The number of carbonyl (C=O) groups is 2. The molecule has 2 bridgehead atoms. The third-order valence-corrected chi connectivity index (χ3v) is 10.7. The standard InChI is InChI=1S/C31H44F2N4O2/c1-21(2)37-29(39)35(19-27(32)33)20-31(37)14-24-10-11-25(15-31)36(24)17-23-16-34(28(38)30(3)12-7-13-30)18-26(23)22-8-5-4-6-9-22/h4-6,8-9,21,23-27H,7,10-20H2,1-3H3/t23-,24?,25?,26-,31?/m1/s1. The molecule has 8 heteroatoms. The number of carbonyl (C=O) groups excluding carboxylic acids is 2. The summed E-state index contributed by atoms with van der Waals surface area (Å²) in [6, 6.07) is 11.1. The first-order chi connectivity index (χ1) is 18.6. The SMILES string of the molecule is CC(C)N1C(=O)N(CC(F)F)CC12CC1CCC(C2)N1C[C@H]1CN(C(=O)C2(C)CCC2)C[C@@H]1c1ccccc1. The molecule has 1 aromatic carbocycles. The van der Waals surface area contributed by atoms with Crippen molar-refractivity contribution < 1.29 is 18.4 Å². The number of rotatable bonds is 7. The van der Waals surface area contributed by atoms with Crippen molar-refractivity contribution in [1.82, 2.24) is 19.6 Å². The molecule has 5 fully saturated rings. The highest BCUT2D eigenvalue weighted by molar-refractivity contribution is 5.83. The monoisotopic (exact) mass is 542 g/mol. The van der Waals surface area contributed by atoms with Crippen LogP contribution in [0.15, 0.2) is 30.3 Å². The lowest BCUT2D eigenvalue weighted by Gasteiger charge is -2.50. The van der Waals surface area contributed by atoms with Gasteiger partial charge in [0.1, 0.15) is 0 Å². The molecule has 214 valence electrons. The molecule has 39 heavy (non-hydrogen) atoms. The predicted molar refractivity (Wildman–Crippen MR) is 147 cm³/mol. The Hall–Kier alpha value is -2.22. The van der Waals surface area contributed by atoms with Crippen LogP contribution in [-0.2, 0) is 4.79 Å². The van der Waals surface area contributed by atoms with Gasteiger partial charge >= 0.3 is 6.03 Å². The maximum atomic E-state index is 13.5. The number of amides is 3. The molecule has 4 atom stereocenters. The molecule has 4 heterocycles. The summed E-state index contributed by atoms with van der Waals surface area (Å²) in [5.74, 6) is 1.00. The molecule has 6 nitrogen and oxygen atoms in total. The average molecular weight is 543 g/mol. The lowest BCUT2D eigenvalue weighted by atomic mass is 9.69. The summed E-state index contributed by atoms with van der Waals surface area (Å²) in [7, 11) is 0. The minimum Gasteiger partial charge on any atom is -0.341 e. The van der Waals surface area contributed by atoms with Crippen LogP contribution < -0.4 is 0 Å². The maximum absolute atomic E-state index is 13.5. The largest absolute Gasteiger partial charge is 0.341 e. The van der Waals surface area contributed by atoms with Gasteiger partial charge in [-0.2, -0.15) is 0 Å². The summed E-state index contributed by atoms with van der Waals surface area (Å²) in [6.07, 6.45) is 4.48. The van der Waals surface area contributed by atoms with Gasteiger partial charge in [-0.3, -0.25) is 9.69 Å². The Balaban J connectivity index is 1.21. The van der Waals surface area contributed by atoms with Crippen LogP contribution in [0.3, 0.4) is 0 Å². The summed E-state index contributed by atoms with van der Waals surface area (Å²) in [6.45, 7) is 8.62. The molecular weight excluding hydrogens is 498 g/mol. The fourth-order valence-corrected chi connectivity index (χ4v) is 8.84. The number of likely N-dealkylation sites (tertiary alicyclic amines) is 1. The van der Waals surface area contributed by atoms with Gasteiger partial charge in [0.25, 0.3) is 6.43 Å². The number of hydrogen-bond donors (Lipinski definition) is 0. The Kier molecular flexibility index (Phi) is 6.92. The third-order valence-electron chi connectivity index (χ3n) is 10.7. The van der Waals surface area contributed by atoms with Crippen LogP contribution in [0.4, 0.5) is 13.6 Å². The summed E-state index contributed by atoms with van der Waals surface area (Å²) in [5, 5.41) is 0. The maximum Gasteiger partial charge on any atom is 0.321 e. The molecule has 4 aliphatic heterocycles. The molecule has 0 radical (unpaired) electrons. The van der Waals surface area contributed by atoms with E-state index in [0.29, 0.717) is 36.4 Å². The van der Waals surface area contributed by atoms with Gasteiger partial charge in [0, 0.05) is 55.6 Å².